The number of benzene rings is 1. The molecule has 0 amide bonds. The minimum absolute atomic E-state index is 0.779. The van der Waals surface area contributed by atoms with E-state index in [1.807, 2.05) is 0 Å². The molecule has 0 aromatic heterocycles. The van der Waals surface area contributed by atoms with Crippen LogP contribution in [0.25, 0.3) is 0 Å². The first-order chi connectivity index (χ1) is 4.61. The summed E-state index contributed by atoms with van der Waals surface area (Å²) in [6, 6.07) is 4.55. The second-order valence-corrected chi connectivity index (χ2v) is 5.63. The van der Waals surface area contributed by atoms with Gasteiger partial charge in [-0.1, -0.05) is 0 Å². The molecular weight excluding hydrogens is 309 g/mol. The van der Waals surface area contributed by atoms with E-state index in [0.29, 0.717) is 0 Å². The average molecular weight is 320 g/mol. The normalized spacial score (nSPS) is 10.1. The van der Waals surface area contributed by atoms with Gasteiger partial charge in [-0.05, 0) is 0 Å². The Morgan fingerprint density at radius 3 is 1.80 bits per heavy atom. The molecule has 0 unspecified atom stereocenters. The first-order valence-corrected chi connectivity index (χ1v) is 6.26. The summed E-state index contributed by atoms with van der Waals surface area (Å²) in [7, 11) is 0. The van der Waals surface area contributed by atoms with Crippen molar-refractivity contribution in [1.29, 1.82) is 0 Å². The van der Waals surface area contributed by atoms with Crippen molar-refractivity contribution in [2.45, 2.75) is 20.8 Å². The van der Waals surface area contributed by atoms with Crippen LogP contribution in [0.5, 0.6) is 0 Å². The van der Waals surface area contributed by atoms with Crippen molar-refractivity contribution >= 4 is 3.07 Å². The van der Waals surface area contributed by atoms with Gasteiger partial charge in [0.25, 0.3) is 0 Å². The fraction of sp³-hybridized carbons (Fsp3) is 0.333. The van der Waals surface area contributed by atoms with E-state index < -0.39 is 0 Å². The Hall–Kier alpha value is 0.155. The molecule has 1 aromatic carbocycles. The van der Waals surface area contributed by atoms with Crippen molar-refractivity contribution in [1.82, 2.24) is 0 Å². The third kappa shape index (κ3) is 1.60. The molecule has 0 saturated carbocycles. The standard InChI is InChI=1S/C9H11.Hg/c1-7-4-8(2)6-9(3)5-7;/h4-5H,1-3H3;. The number of hydrogen-bond acceptors (Lipinski definition) is 0. The summed E-state index contributed by atoms with van der Waals surface area (Å²) in [6.07, 6.45) is 0. The Morgan fingerprint density at radius 2 is 1.40 bits per heavy atom. The van der Waals surface area contributed by atoms with Gasteiger partial charge in [0.1, 0.15) is 0 Å². The van der Waals surface area contributed by atoms with Crippen LogP contribution in [0, 0.1) is 20.8 Å². The molecule has 10 heavy (non-hydrogen) atoms. The third-order valence-electron chi connectivity index (χ3n) is 1.84. The van der Waals surface area contributed by atoms with Gasteiger partial charge in [-0.25, -0.2) is 0 Å². The summed E-state index contributed by atoms with van der Waals surface area (Å²) >= 11 is 0.779. The molecule has 0 spiro atoms. The van der Waals surface area contributed by atoms with Gasteiger partial charge < -0.3 is 0 Å². The summed E-state index contributed by atoms with van der Waals surface area (Å²) in [6.45, 7) is 6.58. The minimum atomic E-state index is 0.779. The van der Waals surface area contributed by atoms with Crippen LogP contribution in [0.15, 0.2) is 12.1 Å². The Morgan fingerprint density at radius 1 is 1.00 bits per heavy atom. The Balaban J connectivity index is 3.31. The van der Waals surface area contributed by atoms with Crippen LogP contribution in [0.1, 0.15) is 16.7 Å². The molecule has 1 heteroatoms. The molecule has 0 radical (unpaired) electrons. The van der Waals surface area contributed by atoms with Gasteiger partial charge in [0.05, 0.1) is 0 Å². The zero-order valence-electron chi connectivity index (χ0n) is 6.86. The fourth-order valence-electron chi connectivity index (χ4n) is 1.21. The summed E-state index contributed by atoms with van der Waals surface area (Å²) in [4.78, 5) is 0. The molecule has 0 nitrogen and oxygen atoms in total. The monoisotopic (exact) mass is 321 g/mol. The van der Waals surface area contributed by atoms with E-state index in [-0.39, 0.29) is 0 Å². The van der Waals surface area contributed by atoms with E-state index in [4.69, 9.17) is 0 Å². The van der Waals surface area contributed by atoms with E-state index in [1.54, 1.807) is 3.07 Å². The van der Waals surface area contributed by atoms with Crippen molar-refractivity contribution in [2.75, 3.05) is 0 Å². The molecule has 0 aliphatic rings. The van der Waals surface area contributed by atoms with Gasteiger partial charge in [-0.2, -0.15) is 0 Å². The Bertz CT molecular complexity index is 228. The van der Waals surface area contributed by atoms with Gasteiger partial charge in [0, 0.05) is 0 Å². The number of hydrogen-bond donors (Lipinski definition) is 0. The van der Waals surface area contributed by atoms with Crippen molar-refractivity contribution in [3.8, 4) is 0 Å². The topological polar surface area (TPSA) is 0 Å². The summed E-state index contributed by atoms with van der Waals surface area (Å²) in [5, 5.41) is 0. The third-order valence-corrected chi connectivity index (χ3v) is 6.18. The second kappa shape index (κ2) is 3.04. The van der Waals surface area contributed by atoms with E-state index >= 15 is 0 Å². The molecule has 1 rings (SSSR count). The van der Waals surface area contributed by atoms with Crippen molar-refractivity contribution in [2.24, 2.45) is 0 Å². The quantitative estimate of drug-likeness (QED) is 0.640. The molecule has 0 fully saturated rings. The number of rotatable bonds is 0. The van der Waals surface area contributed by atoms with Crippen LogP contribution in [0.2, 0.25) is 0 Å². The molecular formula is C9H11Hg. The summed E-state index contributed by atoms with van der Waals surface area (Å²) < 4.78 is 1.62. The molecule has 0 heterocycles. The van der Waals surface area contributed by atoms with Gasteiger partial charge in [-0.15, -0.1) is 0 Å². The maximum absolute atomic E-state index is 2.27. The zero-order valence-corrected chi connectivity index (χ0v) is 12.4. The van der Waals surface area contributed by atoms with E-state index in [9.17, 15) is 0 Å². The summed E-state index contributed by atoms with van der Waals surface area (Å²) in [5.41, 5.74) is 4.37. The van der Waals surface area contributed by atoms with Gasteiger partial charge in [0.15, 0.2) is 0 Å². The Labute approximate surface area is 78.6 Å². The van der Waals surface area contributed by atoms with Crippen LogP contribution in [0.4, 0.5) is 0 Å². The molecule has 0 bridgehead atoms. The van der Waals surface area contributed by atoms with Crippen molar-refractivity contribution < 1.29 is 26.1 Å². The number of aryl methyl sites for hydroxylation is 3. The zero-order chi connectivity index (χ0) is 7.72. The average Bonchev–Trinajstić information content (AvgIpc) is 1.82. The molecule has 0 saturated heterocycles. The van der Waals surface area contributed by atoms with E-state index in [1.165, 1.54) is 16.7 Å². The van der Waals surface area contributed by atoms with Crippen LogP contribution < -0.4 is 3.07 Å². The predicted octanol–water partition coefficient (Wildman–Crippen LogP) is 1.78. The Kier molecular flexibility index (Phi) is 2.51. The van der Waals surface area contributed by atoms with Gasteiger partial charge in [-0.3, -0.25) is 0 Å². The van der Waals surface area contributed by atoms with Crippen LogP contribution in [0.3, 0.4) is 0 Å². The predicted molar refractivity (Wildman–Crippen MR) is 40.3 cm³/mol. The molecule has 0 aliphatic carbocycles. The van der Waals surface area contributed by atoms with Crippen LogP contribution >= 0.6 is 0 Å². The maximum atomic E-state index is 2.27. The van der Waals surface area contributed by atoms with Crippen molar-refractivity contribution in [3.05, 3.63) is 28.8 Å². The van der Waals surface area contributed by atoms with Crippen LogP contribution in [-0.4, -0.2) is 0 Å². The molecule has 49 valence electrons. The van der Waals surface area contributed by atoms with Crippen LogP contribution in [-0.2, 0) is 26.1 Å². The summed E-state index contributed by atoms with van der Waals surface area (Å²) in [5.74, 6) is 0. The van der Waals surface area contributed by atoms with Gasteiger partial charge >= 0.3 is 78.8 Å². The van der Waals surface area contributed by atoms with Gasteiger partial charge in [0.2, 0.25) is 0 Å². The first kappa shape index (κ1) is 8.25. The first-order valence-electron chi connectivity index (χ1n) is 3.51. The molecule has 0 aliphatic heterocycles. The van der Waals surface area contributed by atoms with E-state index in [2.05, 4.69) is 32.9 Å². The second-order valence-electron chi connectivity index (χ2n) is 2.88. The molecule has 1 aromatic rings. The molecule has 0 N–H and O–H groups in total. The van der Waals surface area contributed by atoms with Crippen molar-refractivity contribution in [3.63, 3.8) is 0 Å². The molecule has 0 atom stereocenters. The van der Waals surface area contributed by atoms with E-state index in [0.717, 1.165) is 26.1 Å². The SMILES string of the molecule is Cc1cc(C)[c]([Hg])c(C)c1. The fourth-order valence-corrected chi connectivity index (χ4v) is 2.00.